The Morgan fingerprint density at radius 3 is 2.81 bits per heavy atom. The molecule has 0 radical (unpaired) electrons. The second-order valence-electron chi connectivity index (χ2n) is 8.71. The van der Waals surface area contributed by atoms with Gasteiger partial charge in [-0.25, -0.2) is 0 Å². The summed E-state index contributed by atoms with van der Waals surface area (Å²) in [6, 6.07) is 0. The normalized spacial score (nSPS) is 56.2. The van der Waals surface area contributed by atoms with E-state index in [1.165, 1.54) is 51.4 Å². The highest BCUT2D eigenvalue weighted by atomic mass is 79.9. The van der Waals surface area contributed by atoms with Crippen LogP contribution in [-0.4, -0.2) is 16.0 Å². The van der Waals surface area contributed by atoms with Crippen molar-refractivity contribution >= 4 is 15.9 Å². The molecule has 21 heavy (non-hydrogen) atoms. The van der Waals surface area contributed by atoms with Gasteiger partial charge in [-0.2, -0.15) is 0 Å². The molecule has 0 aromatic carbocycles. The fourth-order valence-corrected chi connectivity index (χ4v) is 7.65. The molecule has 4 aliphatic rings. The smallest absolute Gasteiger partial charge is 0.0721 e. The molecule has 0 bridgehead atoms. The molecule has 0 saturated heterocycles. The van der Waals surface area contributed by atoms with E-state index in [2.05, 4.69) is 35.9 Å². The predicted octanol–water partition coefficient (Wildman–Crippen LogP) is 5.07. The molecule has 0 aromatic heterocycles. The van der Waals surface area contributed by atoms with Crippen LogP contribution in [0, 0.1) is 28.6 Å². The van der Waals surface area contributed by atoms with Crippen molar-refractivity contribution in [3.8, 4) is 0 Å². The van der Waals surface area contributed by atoms with Crippen LogP contribution in [0.4, 0.5) is 0 Å². The van der Waals surface area contributed by atoms with Gasteiger partial charge in [0.05, 0.1) is 6.10 Å². The number of halogens is 1. The highest BCUT2D eigenvalue weighted by Gasteiger charge is 2.60. The first-order valence-corrected chi connectivity index (χ1v) is 9.90. The Kier molecular flexibility index (Phi) is 3.40. The van der Waals surface area contributed by atoms with Gasteiger partial charge in [-0.3, -0.25) is 0 Å². The molecule has 0 spiro atoms. The minimum absolute atomic E-state index is 0.145. The minimum atomic E-state index is -0.145. The number of aliphatic hydroxyl groups is 1. The van der Waals surface area contributed by atoms with Crippen molar-refractivity contribution in [2.24, 2.45) is 28.6 Å². The first kappa shape index (κ1) is 14.8. The molecule has 4 rings (SSSR count). The third-order valence-electron chi connectivity index (χ3n) is 7.95. The molecular weight excluding hydrogens is 324 g/mol. The molecule has 1 N–H and O–H groups in total. The number of fused-ring (bicyclic) bond motifs is 5. The first-order chi connectivity index (χ1) is 9.97. The predicted molar refractivity (Wildman–Crippen MR) is 90.4 cm³/mol. The van der Waals surface area contributed by atoms with E-state index in [1.807, 2.05) is 0 Å². The molecule has 0 amide bonds. The van der Waals surface area contributed by atoms with Crippen molar-refractivity contribution in [2.75, 3.05) is 0 Å². The standard InChI is InChI=1S/C19H29BrO/c1-18-9-4-3-5-12(18)6-7-13-14(18)8-10-19(2)15(13)11-16(20)17(19)21/h6,13-17,21H,3-5,7-11H2,1-2H3/t13-,14-,15+,16?,17?,18+,19+/m1/s1. The summed E-state index contributed by atoms with van der Waals surface area (Å²) >= 11 is 3.76. The van der Waals surface area contributed by atoms with E-state index in [4.69, 9.17) is 0 Å². The highest BCUT2D eigenvalue weighted by Crippen LogP contribution is 2.65. The average Bonchev–Trinajstić information content (AvgIpc) is 2.70. The fourth-order valence-electron chi connectivity index (χ4n) is 6.64. The summed E-state index contributed by atoms with van der Waals surface area (Å²) in [5.74, 6) is 2.40. The van der Waals surface area contributed by atoms with Gasteiger partial charge in [0.15, 0.2) is 0 Å². The van der Waals surface area contributed by atoms with Crippen LogP contribution in [0.3, 0.4) is 0 Å². The van der Waals surface area contributed by atoms with E-state index in [0.29, 0.717) is 16.2 Å². The molecule has 1 nitrogen and oxygen atoms in total. The van der Waals surface area contributed by atoms with Crippen LogP contribution < -0.4 is 0 Å². The molecule has 3 saturated carbocycles. The molecule has 3 fully saturated rings. The topological polar surface area (TPSA) is 20.2 Å². The summed E-state index contributed by atoms with van der Waals surface area (Å²) in [7, 11) is 0. The van der Waals surface area contributed by atoms with Crippen molar-refractivity contribution in [1.82, 2.24) is 0 Å². The van der Waals surface area contributed by atoms with Gasteiger partial charge in [0.2, 0.25) is 0 Å². The largest absolute Gasteiger partial charge is 0.391 e. The van der Waals surface area contributed by atoms with Gasteiger partial charge >= 0.3 is 0 Å². The van der Waals surface area contributed by atoms with Gasteiger partial charge < -0.3 is 5.11 Å². The number of hydrogen-bond acceptors (Lipinski definition) is 1. The lowest BCUT2D eigenvalue weighted by Gasteiger charge is -2.57. The molecule has 0 aromatic rings. The second kappa shape index (κ2) is 4.84. The molecule has 2 unspecified atom stereocenters. The van der Waals surface area contributed by atoms with E-state index in [0.717, 1.165) is 11.8 Å². The molecule has 4 aliphatic carbocycles. The fraction of sp³-hybridized carbons (Fsp3) is 0.895. The summed E-state index contributed by atoms with van der Waals surface area (Å²) in [5.41, 5.74) is 2.43. The van der Waals surface area contributed by atoms with Crippen LogP contribution in [0.1, 0.15) is 65.2 Å². The minimum Gasteiger partial charge on any atom is -0.391 e. The molecule has 118 valence electrons. The molecule has 7 atom stereocenters. The van der Waals surface area contributed by atoms with Crippen LogP contribution >= 0.6 is 15.9 Å². The zero-order chi connectivity index (χ0) is 14.8. The Morgan fingerprint density at radius 1 is 1.19 bits per heavy atom. The Labute approximate surface area is 137 Å². The van der Waals surface area contributed by atoms with E-state index in [-0.39, 0.29) is 11.5 Å². The summed E-state index contributed by atoms with van der Waals surface area (Å²) in [6.07, 6.45) is 13.1. The average molecular weight is 353 g/mol. The van der Waals surface area contributed by atoms with Crippen LogP contribution in [0.25, 0.3) is 0 Å². The Balaban J connectivity index is 1.70. The lowest BCUT2D eigenvalue weighted by atomic mass is 9.48. The van der Waals surface area contributed by atoms with E-state index in [1.54, 1.807) is 5.57 Å². The van der Waals surface area contributed by atoms with E-state index < -0.39 is 0 Å². The quantitative estimate of drug-likeness (QED) is 0.476. The zero-order valence-electron chi connectivity index (χ0n) is 13.4. The number of rotatable bonds is 0. The first-order valence-electron chi connectivity index (χ1n) is 8.98. The van der Waals surface area contributed by atoms with Gasteiger partial charge in [0.25, 0.3) is 0 Å². The SMILES string of the molecule is C[C@]12CCCCC1=CC[C@@H]1[C@H]2CC[C@]2(C)C(O)C(Br)C[C@@H]12. The molecule has 0 heterocycles. The maximum atomic E-state index is 10.7. The lowest BCUT2D eigenvalue weighted by Crippen LogP contribution is -2.50. The highest BCUT2D eigenvalue weighted by molar-refractivity contribution is 9.09. The maximum absolute atomic E-state index is 10.7. The van der Waals surface area contributed by atoms with Crippen molar-refractivity contribution < 1.29 is 5.11 Å². The van der Waals surface area contributed by atoms with Crippen molar-refractivity contribution in [3.05, 3.63) is 11.6 Å². The Bertz CT molecular complexity index is 472. The summed E-state index contributed by atoms with van der Waals surface area (Å²) in [5, 5.41) is 10.7. The van der Waals surface area contributed by atoms with Crippen LogP contribution in [0.15, 0.2) is 11.6 Å². The van der Waals surface area contributed by atoms with Crippen molar-refractivity contribution in [2.45, 2.75) is 76.1 Å². The number of allylic oxidation sites excluding steroid dienone is 2. The summed E-state index contributed by atoms with van der Waals surface area (Å²) in [4.78, 5) is 0.316. The van der Waals surface area contributed by atoms with Gasteiger partial charge in [-0.15, -0.1) is 0 Å². The summed E-state index contributed by atoms with van der Waals surface area (Å²) < 4.78 is 0. The lowest BCUT2D eigenvalue weighted by molar-refractivity contribution is -0.0655. The van der Waals surface area contributed by atoms with E-state index in [9.17, 15) is 5.11 Å². The van der Waals surface area contributed by atoms with Crippen molar-refractivity contribution in [3.63, 3.8) is 0 Å². The van der Waals surface area contributed by atoms with Gasteiger partial charge in [-0.05, 0) is 73.5 Å². The Morgan fingerprint density at radius 2 is 2.00 bits per heavy atom. The Hall–Kier alpha value is 0.180. The summed E-state index contributed by atoms with van der Waals surface area (Å²) in [6.45, 7) is 4.93. The van der Waals surface area contributed by atoms with Crippen LogP contribution in [0.5, 0.6) is 0 Å². The van der Waals surface area contributed by atoms with E-state index >= 15 is 0 Å². The number of alkyl halides is 1. The van der Waals surface area contributed by atoms with Crippen LogP contribution in [0.2, 0.25) is 0 Å². The molecule has 2 heteroatoms. The third kappa shape index (κ3) is 1.90. The number of aliphatic hydroxyl groups excluding tert-OH is 1. The maximum Gasteiger partial charge on any atom is 0.0721 e. The molecular formula is C19H29BrO. The third-order valence-corrected chi connectivity index (χ3v) is 8.83. The van der Waals surface area contributed by atoms with Gasteiger partial charge in [0, 0.05) is 4.83 Å². The van der Waals surface area contributed by atoms with Gasteiger partial charge in [-0.1, -0.05) is 47.8 Å². The van der Waals surface area contributed by atoms with Crippen LogP contribution in [-0.2, 0) is 0 Å². The second-order valence-corrected chi connectivity index (χ2v) is 9.88. The molecule has 0 aliphatic heterocycles. The van der Waals surface area contributed by atoms with Gasteiger partial charge in [0.1, 0.15) is 0 Å². The number of hydrogen-bond donors (Lipinski definition) is 1. The van der Waals surface area contributed by atoms with Crippen molar-refractivity contribution in [1.29, 1.82) is 0 Å². The monoisotopic (exact) mass is 352 g/mol. The zero-order valence-corrected chi connectivity index (χ0v) is 15.0.